The molecule has 0 unspecified atom stereocenters. The summed E-state index contributed by atoms with van der Waals surface area (Å²) in [6.07, 6.45) is 0. The number of nitrogens with zero attached hydrogens (tertiary/aromatic N) is 4. The molecule has 0 saturated carbocycles. The van der Waals surface area contributed by atoms with E-state index >= 15 is 0 Å². The van der Waals surface area contributed by atoms with E-state index in [1.807, 2.05) is 26.8 Å². The molecule has 2 aromatic rings. The second kappa shape index (κ2) is 6.96. The molecule has 8 nitrogen and oxygen atoms in total. The zero-order valence-corrected chi connectivity index (χ0v) is 15.9. The van der Waals surface area contributed by atoms with Gasteiger partial charge in [-0.2, -0.15) is 10.4 Å². The molecule has 28 heavy (non-hydrogen) atoms. The van der Waals surface area contributed by atoms with Gasteiger partial charge in [0.05, 0.1) is 36.0 Å². The van der Waals surface area contributed by atoms with Crippen LogP contribution in [0.15, 0.2) is 18.2 Å². The van der Waals surface area contributed by atoms with E-state index in [1.54, 1.807) is 9.58 Å². The van der Waals surface area contributed by atoms with Crippen molar-refractivity contribution in [2.45, 2.75) is 39.4 Å². The number of hydrogen-bond donors (Lipinski definition) is 2. The molecule has 3 amide bonds. The van der Waals surface area contributed by atoms with Gasteiger partial charge in [0.25, 0.3) is 5.91 Å². The van der Waals surface area contributed by atoms with Gasteiger partial charge in [-0.1, -0.05) is 0 Å². The molecule has 1 aromatic carbocycles. The number of fused-ring (bicyclic) bond motifs is 1. The fourth-order valence-corrected chi connectivity index (χ4v) is 3.14. The molecule has 0 fully saturated rings. The molecule has 0 spiro atoms. The number of rotatable bonds is 2. The smallest absolute Gasteiger partial charge is 0.318 e. The van der Waals surface area contributed by atoms with Crippen LogP contribution >= 0.6 is 0 Å². The highest BCUT2D eigenvalue weighted by atomic mass is 19.1. The standard InChI is InChI=1S/C19H21FN6O2/c1-19(2,3)23-18(28)25-4-5-26-14(10-25)15(17(22)27)16(24-26)12-6-11(9-21)7-13(20)8-12/h6-8H,4-5,10H2,1-3H3,(H2,22,27)(H,23,28). The first-order chi connectivity index (χ1) is 13.1. The number of carbonyl (C=O) groups is 2. The minimum absolute atomic E-state index is 0.113. The van der Waals surface area contributed by atoms with E-state index in [4.69, 9.17) is 11.0 Å². The first-order valence-corrected chi connectivity index (χ1v) is 8.76. The summed E-state index contributed by atoms with van der Waals surface area (Å²) < 4.78 is 15.5. The second-order valence-corrected chi connectivity index (χ2v) is 7.70. The van der Waals surface area contributed by atoms with Gasteiger partial charge < -0.3 is 16.0 Å². The van der Waals surface area contributed by atoms with Crippen LogP contribution in [0.2, 0.25) is 0 Å². The van der Waals surface area contributed by atoms with Crippen LogP contribution in [0.1, 0.15) is 42.4 Å². The zero-order chi connectivity index (χ0) is 20.6. The molecule has 1 aromatic heterocycles. The molecule has 0 bridgehead atoms. The maximum absolute atomic E-state index is 13.9. The molecule has 3 rings (SSSR count). The van der Waals surface area contributed by atoms with E-state index < -0.39 is 17.3 Å². The number of urea groups is 1. The molecule has 2 heterocycles. The van der Waals surface area contributed by atoms with Crippen molar-refractivity contribution >= 4 is 11.9 Å². The van der Waals surface area contributed by atoms with Gasteiger partial charge in [0.15, 0.2) is 0 Å². The van der Waals surface area contributed by atoms with Gasteiger partial charge in [0.2, 0.25) is 0 Å². The van der Waals surface area contributed by atoms with E-state index in [9.17, 15) is 14.0 Å². The SMILES string of the molecule is CC(C)(C)NC(=O)N1CCn2nc(-c3cc(F)cc(C#N)c3)c(C(N)=O)c2C1. The molecule has 1 aliphatic rings. The van der Waals surface area contributed by atoms with Crippen LogP contribution in [-0.4, -0.2) is 38.7 Å². The molecule has 146 valence electrons. The lowest BCUT2D eigenvalue weighted by molar-refractivity contribution is 0.0997. The van der Waals surface area contributed by atoms with E-state index in [2.05, 4.69) is 10.4 Å². The molecular formula is C19H21FN6O2. The highest BCUT2D eigenvalue weighted by Gasteiger charge is 2.30. The monoisotopic (exact) mass is 384 g/mol. The number of nitrogens with one attached hydrogen (secondary N) is 1. The van der Waals surface area contributed by atoms with Crippen molar-refractivity contribution in [1.82, 2.24) is 20.0 Å². The van der Waals surface area contributed by atoms with Crippen molar-refractivity contribution in [2.24, 2.45) is 5.73 Å². The molecular weight excluding hydrogens is 363 g/mol. The molecule has 0 atom stereocenters. The Bertz CT molecular complexity index is 999. The van der Waals surface area contributed by atoms with Gasteiger partial charge in [-0.15, -0.1) is 0 Å². The van der Waals surface area contributed by atoms with Crippen molar-refractivity contribution < 1.29 is 14.0 Å². The normalized spacial score (nSPS) is 13.6. The third-order valence-electron chi connectivity index (χ3n) is 4.30. The number of carbonyl (C=O) groups excluding carboxylic acids is 2. The Morgan fingerprint density at radius 2 is 2.00 bits per heavy atom. The average Bonchev–Trinajstić information content (AvgIpc) is 2.98. The predicted molar refractivity (Wildman–Crippen MR) is 99.5 cm³/mol. The Labute approximate surface area is 161 Å². The third kappa shape index (κ3) is 3.81. The fourth-order valence-electron chi connectivity index (χ4n) is 3.14. The summed E-state index contributed by atoms with van der Waals surface area (Å²) in [5.74, 6) is -1.33. The van der Waals surface area contributed by atoms with Gasteiger partial charge >= 0.3 is 6.03 Å². The summed E-state index contributed by atoms with van der Waals surface area (Å²) in [6, 6.07) is 5.38. The number of nitriles is 1. The highest BCUT2D eigenvalue weighted by Crippen LogP contribution is 2.29. The number of hydrogen-bond acceptors (Lipinski definition) is 4. The zero-order valence-electron chi connectivity index (χ0n) is 15.9. The minimum atomic E-state index is -0.725. The molecule has 9 heteroatoms. The van der Waals surface area contributed by atoms with E-state index in [-0.39, 0.29) is 35.0 Å². The van der Waals surface area contributed by atoms with E-state index in [0.29, 0.717) is 18.8 Å². The van der Waals surface area contributed by atoms with Crippen molar-refractivity contribution in [3.05, 3.63) is 40.8 Å². The predicted octanol–water partition coefficient (Wildman–Crippen LogP) is 1.98. The minimum Gasteiger partial charge on any atom is -0.365 e. The molecule has 1 aliphatic heterocycles. The lowest BCUT2D eigenvalue weighted by Crippen LogP contribution is -2.50. The van der Waals surface area contributed by atoms with Crippen LogP contribution in [0, 0.1) is 17.1 Å². The van der Waals surface area contributed by atoms with Gasteiger partial charge in [0.1, 0.15) is 11.5 Å². The van der Waals surface area contributed by atoms with Gasteiger partial charge in [-0.3, -0.25) is 9.48 Å². The van der Waals surface area contributed by atoms with Crippen LogP contribution in [0.5, 0.6) is 0 Å². The summed E-state index contributed by atoms with van der Waals surface area (Å²) in [5, 5.41) is 16.4. The van der Waals surface area contributed by atoms with Crippen LogP contribution in [0.4, 0.5) is 9.18 Å². The van der Waals surface area contributed by atoms with Crippen LogP contribution < -0.4 is 11.1 Å². The van der Waals surface area contributed by atoms with Crippen LogP contribution in [0.25, 0.3) is 11.3 Å². The summed E-state index contributed by atoms with van der Waals surface area (Å²) in [6.45, 7) is 6.55. The van der Waals surface area contributed by atoms with Gasteiger partial charge in [0, 0.05) is 17.6 Å². The highest BCUT2D eigenvalue weighted by molar-refractivity contribution is 6.00. The number of benzene rings is 1. The number of amides is 3. The molecule has 3 N–H and O–H groups in total. The lowest BCUT2D eigenvalue weighted by atomic mass is 10.0. The molecule has 0 aliphatic carbocycles. The first kappa shape index (κ1) is 19.4. The van der Waals surface area contributed by atoms with Crippen molar-refractivity contribution in [2.75, 3.05) is 6.54 Å². The number of primary amides is 1. The van der Waals surface area contributed by atoms with E-state index in [1.165, 1.54) is 12.1 Å². The van der Waals surface area contributed by atoms with Crippen LogP contribution in [-0.2, 0) is 13.1 Å². The fraction of sp³-hybridized carbons (Fsp3) is 0.368. The Hall–Kier alpha value is -3.41. The molecule has 0 saturated heterocycles. The van der Waals surface area contributed by atoms with Crippen LogP contribution in [0.3, 0.4) is 0 Å². The Kier molecular flexibility index (Phi) is 4.81. The first-order valence-electron chi connectivity index (χ1n) is 8.76. The lowest BCUT2D eigenvalue weighted by Gasteiger charge is -2.31. The quantitative estimate of drug-likeness (QED) is 0.823. The average molecular weight is 384 g/mol. The largest absolute Gasteiger partial charge is 0.365 e. The molecule has 0 radical (unpaired) electrons. The number of aromatic nitrogens is 2. The van der Waals surface area contributed by atoms with Crippen molar-refractivity contribution in [1.29, 1.82) is 5.26 Å². The van der Waals surface area contributed by atoms with Crippen molar-refractivity contribution in [3.8, 4) is 17.3 Å². The van der Waals surface area contributed by atoms with Gasteiger partial charge in [-0.05, 0) is 39.0 Å². The van der Waals surface area contributed by atoms with Crippen molar-refractivity contribution in [3.63, 3.8) is 0 Å². The number of halogens is 1. The van der Waals surface area contributed by atoms with E-state index in [0.717, 1.165) is 6.07 Å². The Morgan fingerprint density at radius 3 is 2.61 bits per heavy atom. The topological polar surface area (TPSA) is 117 Å². The van der Waals surface area contributed by atoms with Gasteiger partial charge in [-0.25, -0.2) is 9.18 Å². The summed E-state index contributed by atoms with van der Waals surface area (Å²) in [4.78, 5) is 26.2. The Balaban J connectivity index is 2.03. The second-order valence-electron chi connectivity index (χ2n) is 7.70. The summed E-state index contributed by atoms with van der Waals surface area (Å²) in [7, 11) is 0. The third-order valence-corrected chi connectivity index (χ3v) is 4.30. The maximum Gasteiger partial charge on any atom is 0.318 e. The Morgan fingerprint density at radius 1 is 1.29 bits per heavy atom. The maximum atomic E-state index is 13.9. The summed E-state index contributed by atoms with van der Waals surface area (Å²) >= 11 is 0. The number of nitrogens with two attached hydrogens (primary N) is 1. The summed E-state index contributed by atoms with van der Waals surface area (Å²) in [5.41, 5.74) is 6.40.